The van der Waals surface area contributed by atoms with Crippen molar-refractivity contribution in [1.29, 1.82) is 0 Å². The lowest BCUT2D eigenvalue weighted by Crippen LogP contribution is -2.39. The summed E-state index contributed by atoms with van der Waals surface area (Å²) < 4.78 is 1.21. The van der Waals surface area contributed by atoms with Crippen LogP contribution in [0.15, 0.2) is 16.9 Å². The SMILES string of the molecule is Cc1ccc(CC(C)NC(=O)c2c(C)c(C)nn(C)c2=O)s1. The molecule has 6 heteroatoms. The Morgan fingerprint density at radius 3 is 2.64 bits per heavy atom. The molecule has 0 radical (unpaired) electrons. The Morgan fingerprint density at radius 1 is 1.36 bits per heavy atom. The number of rotatable bonds is 4. The molecule has 0 aliphatic rings. The van der Waals surface area contributed by atoms with Crippen LogP contribution in [0.5, 0.6) is 0 Å². The topological polar surface area (TPSA) is 64.0 Å². The minimum atomic E-state index is -0.361. The van der Waals surface area contributed by atoms with Crippen molar-refractivity contribution in [3.63, 3.8) is 0 Å². The summed E-state index contributed by atoms with van der Waals surface area (Å²) in [6.07, 6.45) is 0.758. The van der Waals surface area contributed by atoms with E-state index < -0.39 is 0 Å². The predicted molar refractivity (Wildman–Crippen MR) is 88.6 cm³/mol. The van der Waals surface area contributed by atoms with E-state index in [-0.39, 0.29) is 23.1 Å². The highest BCUT2D eigenvalue weighted by Crippen LogP contribution is 2.17. The van der Waals surface area contributed by atoms with Crippen LogP contribution in [0.1, 0.15) is 38.3 Å². The summed E-state index contributed by atoms with van der Waals surface area (Å²) in [5.74, 6) is -0.329. The molecule has 1 amide bonds. The maximum absolute atomic E-state index is 12.4. The van der Waals surface area contributed by atoms with Gasteiger partial charge in [-0.15, -0.1) is 11.3 Å². The van der Waals surface area contributed by atoms with Crippen molar-refractivity contribution in [3.05, 3.63) is 49.1 Å². The van der Waals surface area contributed by atoms with Crippen molar-refractivity contribution in [3.8, 4) is 0 Å². The second kappa shape index (κ2) is 6.44. The zero-order valence-electron chi connectivity index (χ0n) is 13.6. The number of nitrogens with zero attached hydrogens (tertiary/aromatic N) is 2. The van der Waals surface area contributed by atoms with Crippen LogP contribution in [-0.2, 0) is 13.5 Å². The van der Waals surface area contributed by atoms with E-state index in [1.54, 1.807) is 32.2 Å². The van der Waals surface area contributed by atoms with Crippen molar-refractivity contribution in [2.45, 2.75) is 40.2 Å². The van der Waals surface area contributed by atoms with Crippen LogP contribution in [0.2, 0.25) is 0 Å². The number of nitrogens with one attached hydrogen (secondary N) is 1. The van der Waals surface area contributed by atoms with Crippen LogP contribution in [-0.4, -0.2) is 21.7 Å². The van der Waals surface area contributed by atoms with E-state index in [0.29, 0.717) is 11.3 Å². The van der Waals surface area contributed by atoms with Gasteiger partial charge in [0.25, 0.3) is 11.5 Å². The van der Waals surface area contributed by atoms with Crippen LogP contribution < -0.4 is 10.9 Å². The monoisotopic (exact) mass is 319 g/mol. The van der Waals surface area contributed by atoms with Crippen molar-refractivity contribution in [2.75, 3.05) is 0 Å². The molecule has 0 aromatic carbocycles. The second-order valence-corrected chi connectivity index (χ2v) is 6.98. The minimum absolute atomic E-state index is 0.0388. The second-order valence-electron chi connectivity index (χ2n) is 5.61. The smallest absolute Gasteiger partial charge is 0.279 e. The summed E-state index contributed by atoms with van der Waals surface area (Å²) in [4.78, 5) is 27.1. The number of aromatic nitrogens is 2. The fraction of sp³-hybridized carbons (Fsp3) is 0.438. The molecule has 1 unspecified atom stereocenters. The Morgan fingerprint density at radius 2 is 2.05 bits per heavy atom. The molecule has 0 saturated heterocycles. The molecule has 2 rings (SSSR count). The van der Waals surface area contributed by atoms with E-state index in [0.717, 1.165) is 6.42 Å². The molecule has 0 saturated carbocycles. The van der Waals surface area contributed by atoms with Crippen LogP contribution in [0.3, 0.4) is 0 Å². The Bertz CT molecular complexity index is 761. The average molecular weight is 319 g/mol. The normalized spacial score (nSPS) is 12.2. The molecular weight excluding hydrogens is 298 g/mol. The third-order valence-electron chi connectivity index (χ3n) is 3.63. The molecule has 0 aliphatic heterocycles. The van der Waals surface area contributed by atoms with Gasteiger partial charge in [-0.3, -0.25) is 9.59 Å². The summed E-state index contributed by atoms with van der Waals surface area (Å²) in [7, 11) is 1.56. The fourth-order valence-electron chi connectivity index (χ4n) is 2.36. The van der Waals surface area contributed by atoms with E-state index in [9.17, 15) is 9.59 Å². The lowest BCUT2D eigenvalue weighted by Gasteiger charge is -2.15. The van der Waals surface area contributed by atoms with Gasteiger partial charge in [-0.25, -0.2) is 4.68 Å². The first kappa shape index (κ1) is 16.4. The van der Waals surface area contributed by atoms with Gasteiger partial charge < -0.3 is 5.32 Å². The molecule has 0 spiro atoms. The Hall–Kier alpha value is -1.95. The summed E-state index contributed by atoms with van der Waals surface area (Å²) in [5.41, 5.74) is 1.15. The van der Waals surface area contributed by atoms with Gasteiger partial charge in [0, 0.05) is 29.3 Å². The van der Waals surface area contributed by atoms with Crippen molar-refractivity contribution in [1.82, 2.24) is 15.1 Å². The van der Waals surface area contributed by atoms with Crippen LogP contribution in [0.25, 0.3) is 0 Å². The maximum atomic E-state index is 12.4. The number of carbonyl (C=O) groups excluding carboxylic acids is 1. The first-order chi connectivity index (χ1) is 10.3. The van der Waals surface area contributed by atoms with Gasteiger partial charge in [0.15, 0.2) is 0 Å². The fourth-order valence-corrected chi connectivity index (χ4v) is 3.38. The molecule has 5 nitrogen and oxygen atoms in total. The van der Waals surface area contributed by atoms with Crippen LogP contribution in [0.4, 0.5) is 0 Å². The summed E-state index contributed by atoms with van der Waals surface area (Å²) in [6.45, 7) is 7.56. The van der Waals surface area contributed by atoms with Gasteiger partial charge in [-0.05, 0) is 45.4 Å². The number of carbonyl (C=O) groups is 1. The van der Waals surface area contributed by atoms with E-state index >= 15 is 0 Å². The standard InChI is InChI=1S/C16H21N3O2S/c1-9(8-13-7-6-10(2)22-13)17-15(20)14-11(3)12(4)18-19(5)16(14)21/h6-7,9H,8H2,1-5H3,(H,17,20). The molecule has 1 atom stereocenters. The molecular formula is C16H21N3O2S. The average Bonchev–Trinajstić information content (AvgIpc) is 2.81. The van der Waals surface area contributed by atoms with Gasteiger partial charge in [0.1, 0.15) is 5.56 Å². The lowest BCUT2D eigenvalue weighted by molar-refractivity contribution is 0.0937. The van der Waals surface area contributed by atoms with E-state index in [4.69, 9.17) is 0 Å². The van der Waals surface area contributed by atoms with Gasteiger partial charge in [-0.1, -0.05) is 0 Å². The van der Waals surface area contributed by atoms with Gasteiger partial charge >= 0.3 is 0 Å². The van der Waals surface area contributed by atoms with Gasteiger partial charge in [0.05, 0.1) is 5.69 Å². The van der Waals surface area contributed by atoms with E-state index in [1.165, 1.54) is 14.4 Å². The summed E-state index contributed by atoms with van der Waals surface area (Å²) in [5, 5.41) is 7.01. The summed E-state index contributed by atoms with van der Waals surface area (Å²) in [6, 6.07) is 4.10. The van der Waals surface area contributed by atoms with Crippen LogP contribution in [0, 0.1) is 20.8 Å². The maximum Gasteiger partial charge on any atom is 0.279 e. The Labute approximate surface area is 134 Å². The third kappa shape index (κ3) is 3.44. The molecule has 22 heavy (non-hydrogen) atoms. The van der Waals surface area contributed by atoms with E-state index in [1.807, 2.05) is 6.92 Å². The first-order valence-corrected chi connectivity index (χ1v) is 8.02. The Kier molecular flexibility index (Phi) is 4.81. The molecule has 118 valence electrons. The van der Waals surface area contributed by atoms with Crippen LogP contribution >= 0.6 is 11.3 Å². The zero-order chi connectivity index (χ0) is 16.4. The highest BCUT2D eigenvalue weighted by Gasteiger charge is 2.19. The predicted octanol–water partition coefficient (Wildman–Crippen LogP) is 2.13. The van der Waals surface area contributed by atoms with Crippen molar-refractivity contribution < 1.29 is 4.79 Å². The number of hydrogen-bond acceptors (Lipinski definition) is 4. The molecule has 1 N–H and O–H groups in total. The largest absolute Gasteiger partial charge is 0.349 e. The number of amides is 1. The number of thiophene rings is 1. The highest BCUT2D eigenvalue weighted by molar-refractivity contribution is 7.11. The lowest BCUT2D eigenvalue weighted by atomic mass is 10.1. The minimum Gasteiger partial charge on any atom is -0.349 e. The molecule has 0 aliphatic carbocycles. The van der Waals surface area contributed by atoms with Gasteiger partial charge in [0.2, 0.25) is 0 Å². The highest BCUT2D eigenvalue weighted by atomic mass is 32.1. The first-order valence-electron chi connectivity index (χ1n) is 7.20. The van der Waals surface area contributed by atoms with E-state index in [2.05, 4.69) is 29.5 Å². The molecule has 0 fully saturated rings. The summed E-state index contributed by atoms with van der Waals surface area (Å²) >= 11 is 1.72. The van der Waals surface area contributed by atoms with Crippen molar-refractivity contribution in [2.24, 2.45) is 7.05 Å². The van der Waals surface area contributed by atoms with Crippen molar-refractivity contribution >= 4 is 17.2 Å². The number of aryl methyl sites for hydroxylation is 3. The zero-order valence-corrected chi connectivity index (χ0v) is 14.4. The Balaban J connectivity index is 2.17. The molecule has 2 heterocycles. The van der Waals surface area contributed by atoms with Gasteiger partial charge in [-0.2, -0.15) is 5.10 Å². The molecule has 2 aromatic heterocycles. The quantitative estimate of drug-likeness (QED) is 0.939. The number of hydrogen-bond donors (Lipinski definition) is 1. The molecule has 0 bridgehead atoms. The molecule has 2 aromatic rings. The third-order valence-corrected chi connectivity index (χ3v) is 4.66.